The largest absolute Gasteiger partial charge is 0.376 e. The first-order chi connectivity index (χ1) is 6.47. The van der Waals surface area contributed by atoms with Crippen LogP contribution in [0.5, 0.6) is 0 Å². The topological polar surface area (TPSA) is 12.5 Å². The third-order valence-electron chi connectivity index (χ3n) is 2.37. The van der Waals surface area contributed by atoms with Crippen molar-refractivity contribution in [3.05, 3.63) is 0 Å². The van der Waals surface area contributed by atoms with Crippen molar-refractivity contribution in [2.24, 2.45) is 0 Å². The van der Waals surface area contributed by atoms with Gasteiger partial charge < -0.3 is 9.64 Å². The monoisotopic (exact) mass is 203 g/mol. The second-order valence-corrected chi connectivity index (χ2v) is 5.00. The lowest BCUT2D eigenvalue weighted by Gasteiger charge is -2.21. The molecule has 84 valence electrons. The number of halogens is 1. The zero-order valence-corrected chi connectivity index (χ0v) is 9.55. The number of rotatable bonds is 4. The van der Waals surface area contributed by atoms with Gasteiger partial charge in [0.1, 0.15) is 6.17 Å². The molecule has 0 aromatic rings. The second-order valence-electron chi connectivity index (χ2n) is 5.00. The summed E-state index contributed by atoms with van der Waals surface area (Å²) in [4.78, 5) is 2.18. The number of nitrogens with zero attached hydrogens (tertiary/aromatic N) is 1. The van der Waals surface area contributed by atoms with Gasteiger partial charge in [0.25, 0.3) is 0 Å². The van der Waals surface area contributed by atoms with Crippen molar-refractivity contribution in [1.29, 1.82) is 0 Å². The fourth-order valence-electron chi connectivity index (χ4n) is 1.65. The Bertz CT molecular complexity index is 167. The van der Waals surface area contributed by atoms with Gasteiger partial charge in [0, 0.05) is 26.2 Å². The molecule has 1 unspecified atom stereocenters. The predicted molar refractivity (Wildman–Crippen MR) is 56.3 cm³/mol. The second kappa shape index (κ2) is 5.08. The Balaban J connectivity index is 1.99. The molecule has 1 heterocycles. The van der Waals surface area contributed by atoms with Crippen molar-refractivity contribution in [2.45, 2.75) is 45.4 Å². The van der Waals surface area contributed by atoms with Crippen LogP contribution in [0.1, 0.15) is 33.6 Å². The third-order valence-corrected chi connectivity index (χ3v) is 2.37. The van der Waals surface area contributed by atoms with E-state index in [1.807, 2.05) is 0 Å². The summed E-state index contributed by atoms with van der Waals surface area (Å²) in [5, 5.41) is 0. The lowest BCUT2D eigenvalue weighted by molar-refractivity contribution is -0.00646. The molecular weight excluding hydrogens is 181 g/mol. The van der Waals surface area contributed by atoms with E-state index in [1.165, 1.54) is 0 Å². The smallest absolute Gasteiger partial charge is 0.114 e. The van der Waals surface area contributed by atoms with E-state index >= 15 is 0 Å². The Morgan fingerprint density at radius 2 is 2.14 bits per heavy atom. The molecule has 0 bridgehead atoms. The van der Waals surface area contributed by atoms with Gasteiger partial charge in [-0.25, -0.2) is 4.39 Å². The van der Waals surface area contributed by atoms with Crippen LogP contribution < -0.4 is 0 Å². The Morgan fingerprint density at radius 3 is 2.64 bits per heavy atom. The third kappa shape index (κ3) is 4.91. The van der Waals surface area contributed by atoms with E-state index in [0.717, 1.165) is 26.1 Å². The van der Waals surface area contributed by atoms with E-state index < -0.39 is 6.17 Å². The highest BCUT2D eigenvalue weighted by Crippen LogP contribution is 2.13. The average Bonchev–Trinajstić information content (AvgIpc) is 2.44. The van der Waals surface area contributed by atoms with E-state index in [2.05, 4.69) is 25.7 Å². The molecule has 1 atom stereocenters. The van der Waals surface area contributed by atoms with Crippen LogP contribution in [0, 0.1) is 0 Å². The molecule has 0 saturated carbocycles. The number of alkyl halides is 1. The van der Waals surface area contributed by atoms with Gasteiger partial charge in [-0.2, -0.15) is 0 Å². The number of hydrogen-bond donors (Lipinski definition) is 0. The first-order valence-electron chi connectivity index (χ1n) is 5.48. The highest BCUT2D eigenvalue weighted by molar-refractivity contribution is 4.74. The quantitative estimate of drug-likeness (QED) is 0.650. The zero-order chi connectivity index (χ0) is 10.6. The minimum Gasteiger partial charge on any atom is -0.376 e. The maximum Gasteiger partial charge on any atom is 0.114 e. The number of likely N-dealkylation sites (tertiary alicyclic amines) is 1. The Morgan fingerprint density at radius 1 is 1.43 bits per heavy atom. The van der Waals surface area contributed by atoms with E-state index in [0.29, 0.717) is 13.0 Å². The minimum absolute atomic E-state index is 0.0480. The maximum absolute atomic E-state index is 12.8. The summed E-state index contributed by atoms with van der Waals surface area (Å²) in [6, 6.07) is 0. The lowest BCUT2D eigenvalue weighted by atomic mass is 10.2. The van der Waals surface area contributed by atoms with E-state index in [4.69, 9.17) is 4.74 Å². The van der Waals surface area contributed by atoms with Gasteiger partial charge in [-0.3, -0.25) is 0 Å². The summed E-state index contributed by atoms with van der Waals surface area (Å²) < 4.78 is 18.4. The minimum atomic E-state index is -0.599. The molecule has 1 aliphatic rings. The molecule has 3 heteroatoms. The number of hydrogen-bond acceptors (Lipinski definition) is 2. The molecule has 1 rings (SSSR count). The highest BCUT2D eigenvalue weighted by atomic mass is 19.1. The molecular formula is C11H22FNO. The van der Waals surface area contributed by atoms with E-state index in [-0.39, 0.29) is 5.60 Å². The highest BCUT2D eigenvalue weighted by Gasteiger charge is 2.20. The van der Waals surface area contributed by atoms with Gasteiger partial charge in [-0.05, 0) is 33.6 Å². The summed E-state index contributed by atoms with van der Waals surface area (Å²) in [6.07, 6.45) is 1.11. The van der Waals surface area contributed by atoms with Gasteiger partial charge in [-0.1, -0.05) is 0 Å². The van der Waals surface area contributed by atoms with Gasteiger partial charge in [0.15, 0.2) is 0 Å². The lowest BCUT2D eigenvalue weighted by Crippen LogP contribution is -2.25. The molecule has 0 aromatic heterocycles. The van der Waals surface area contributed by atoms with Crippen LogP contribution in [0.2, 0.25) is 0 Å². The van der Waals surface area contributed by atoms with Crippen LogP contribution in [0.25, 0.3) is 0 Å². The van der Waals surface area contributed by atoms with Crippen LogP contribution >= 0.6 is 0 Å². The van der Waals surface area contributed by atoms with Crippen LogP contribution in [0.15, 0.2) is 0 Å². The van der Waals surface area contributed by atoms with Crippen LogP contribution in [-0.2, 0) is 4.74 Å². The SMILES string of the molecule is CC(C)(C)OCCCN1CCC(F)C1. The van der Waals surface area contributed by atoms with Crippen molar-refractivity contribution in [2.75, 3.05) is 26.2 Å². The van der Waals surface area contributed by atoms with Crippen LogP contribution in [0.3, 0.4) is 0 Å². The first-order valence-corrected chi connectivity index (χ1v) is 5.48. The van der Waals surface area contributed by atoms with E-state index in [1.54, 1.807) is 0 Å². The van der Waals surface area contributed by atoms with Crippen molar-refractivity contribution >= 4 is 0 Å². The fraction of sp³-hybridized carbons (Fsp3) is 1.00. The summed E-state index contributed by atoms with van der Waals surface area (Å²) in [5.74, 6) is 0. The Kier molecular flexibility index (Phi) is 4.32. The summed E-state index contributed by atoms with van der Waals surface area (Å²) in [5.41, 5.74) is -0.0480. The Hall–Kier alpha value is -0.150. The summed E-state index contributed by atoms with van der Waals surface area (Å²) in [7, 11) is 0. The fourth-order valence-corrected chi connectivity index (χ4v) is 1.65. The molecule has 0 spiro atoms. The van der Waals surface area contributed by atoms with Crippen LogP contribution in [0.4, 0.5) is 4.39 Å². The van der Waals surface area contributed by atoms with Crippen LogP contribution in [-0.4, -0.2) is 42.9 Å². The molecule has 2 nitrogen and oxygen atoms in total. The van der Waals surface area contributed by atoms with Crippen molar-refractivity contribution in [3.8, 4) is 0 Å². The van der Waals surface area contributed by atoms with Gasteiger partial charge >= 0.3 is 0 Å². The Labute approximate surface area is 86.4 Å². The zero-order valence-electron chi connectivity index (χ0n) is 9.55. The molecule has 0 amide bonds. The standard InChI is InChI=1S/C11H22FNO/c1-11(2,3)14-8-4-6-13-7-5-10(12)9-13/h10H,4-9H2,1-3H3. The normalized spacial score (nSPS) is 24.4. The predicted octanol–water partition coefficient (Wildman–Crippen LogP) is 2.24. The van der Waals surface area contributed by atoms with Gasteiger partial charge in [0.05, 0.1) is 5.60 Å². The molecule has 0 aromatic carbocycles. The van der Waals surface area contributed by atoms with Crippen molar-refractivity contribution in [3.63, 3.8) is 0 Å². The number of ether oxygens (including phenoxy) is 1. The molecule has 1 aliphatic heterocycles. The molecule has 1 saturated heterocycles. The van der Waals surface area contributed by atoms with Gasteiger partial charge in [0.2, 0.25) is 0 Å². The molecule has 0 N–H and O–H groups in total. The maximum atomic E-state index is 12.8. The van der Waals surface area contributed by atoms with Crippen molar-refractivity contribution in [1.82, 2.24) is 4.90 Å². The summed E-state index contributed by atoms with van der Waals surface area (Å²) in [6.45, 7) is 9.45. The average molecular weight is 203 g/mol. The van der Waals surface area contributed by atoms with Gasteiger partial charge in [-0.15, -0.1) is 0 Å². The summed E-state index contributed by atoms with van der Waals surface area (Å²) >= 11 is 0. The van der Waals surface area contributed by atoms with Crippen molar-refractivity contribution < 1.29 is 9.13 Å². The first kappa shape index (κ1) is 11.9. The van der Waals surface area contributed by atoms with E-state index in [9.17, 15) is 4.39 Å². The molecule has 1 fully saturated rings. The molecule has 0 aliphatic carbocycles. The molecule has 0 radical (unpaired) electrons. The molecule has 14 heavy (non-hydrogen) atoms.